The van der Waals surface area contributed by atoms with Crippen molar-refractivity contribution in [1.82, 2.24) is 15.5 Å². The lowest BCUT2D eigenvalue weighted by molar-refractivity contribution is -0.173. The molecule has 1 heterocycles. The van der Waals surface area contributed by atoms with E-state index in [0.717, 1.165) is 0 Å². The zero-order valence-electron chi connectivity index (χ0n) is 14.3. The van der Waals surface area contributed by atoms with E-state index >= 15 is 0 Å². The number of urea groups is 1. The largest absolute Gasteiger partial charge is 0.481 e. The molecular formula is C16H24F3N3O4. The third kappa shape index (κ3) is 5.77. The third-order valence-corrected chi connectivity index (χ3v) is 5.02. The molecule has 0 spiro atoms. The Hall–Kier alpha value is -2.00. The summed E-state index contributed by atoms with van der Waals surface area (Å²) < 4.78 is 36.7. The Bertz CT molecular complexity index is 533. The van der Waals surface area contributed by atoms with Crippen molar-refractivity contribution >= 4 is 17.9 Å². The molecule has 1 saturated heterocycles. The number of carboxylic acid groups (broad SMARTS) is 1. The second-order valence-corrected chi connectivity index (χ2v) is 7.00. The van der Waals surface area contributed by atoms with E-state index in [1.165, 1.54) is 0 Å². The molecule has 0 aromatic carbocycles. The first-order chi connectivity index (χ1) is 12.2. The van der Waals surface area contributed by atoms with E-state index in [4.69, 9.17) is 5.11 Å². The molecule has 3 amide bonds. The van der Waals surface area contributed by atoms with Gasteiger partial charge in [0.15, 0.2) is 0 Å². The maximum Gasteiger partial charge on any atom is 0.471 e. The van der Waals surface area contributed by atoms with Crippen LogP contribution in [0.5, 0.6) is 0 Å². The summed E-state index contributed by atoms with van der Waals surface area (Å²) in [7, 11) is 0. The number of nitrogens with zero attached hydrogens (tertiary/aromatic N) is 1. The Labute approximate surface area is 149 Å². The molecule has 2 fully saturated rings. The predicted octanol–water partition coefficient (Wildman–Crippen LogP) is 1.73. The molecule has 7 nitrogen and oxygen atoms in total. The molecular weight excluding hydrogens is 355 g/mol. The molecule has 2 rings (SSSR count). The summed E-state index contributed by atoms with van der Waals surface area (Å²) in [5, 5.41) is 13.7. The molecule has 1 aliphatic heterocycles. The Kier molecular flexibility index (Phi) is 6.71. The molecule has 0 bridgehead atoms. The van der Waals surface area contributed by atoms with Gasteiger partial charge in [-0.1, -0.05) is 0 Å². The van der Waals surface area contributed by atoms with Crippen molar-refractivity contribution in [3.8, 4) is 0 Å². The van der Waals surface area contributed by atoms with E-state index in [9.17, 15) is 27.6 Å². The van der Waals surface area contributed by atoms with Crippen molar-refractivity contribution < 1.29 is 32.7 Å². The van der Waals surface area contributed by atoms with Crippen molar-refractivity contribution in [3.05, 3.63) is 0 Å². The van der Waals surface area contributed by atoms with Crippen molar-refractivity contribution in [3.63, 3.8) is 0 Å². The van der Waals surface area contributed by atoms with Crippen LogP contribution in [-0.2, 0) is 9.59 Å². The molecule has 1 atom stereocenters. The first-order valence-electron chi connectivity index (χ1n) is 8.80. The molecule has 2 aliphatic rings. The van der Waals surface area contributed by atoms with Crippen LogP contribution in [0, 0.1) is 11.8 Å². The number of hydrogen-bond acceptors (Lipinski definition) is 3. The van der Waals surface area contributed by atoms with Gasteiger partial charge in [-0.05, 0) is 44.4 Å². The second-order valence-electron chi connectivity index (χ2n) is 7.00. The van der Waals surface area contributed by atoms with Crippen LogP contribution in [0.25, 0.3) is 0 Å². The summed E-state index contributed by atoms with van der Waals surface area (Å²) in [6, 6.07) is -0.362. The lowest BCUT2D eigenvalue weighted by atomic mass is 9.86. The number of amides is 3. The van der Waals surface area contributed by atoms with Crippen LogP contribution in [0.2, 0.25) is 0 Å². The predicted molar refractivity (Wildman–Crippen MR) is 85.3 cm³/mol. The number of likely N-dealkylation sites (tertiary alicyclic amines) is 1. The minimum Gasteiger partial charge on any atom is -0.481 e. The highest BCUT2D eigenvalue weighted by atomic mass is 19.4. The zero-order chi connectivity index (χ0) is 19.3. The first-order valence-corrected chi connectivity index (χ1v) is 8.80. The summed E-state index contributed by atoms with van der Waals surface area (Å²) in [6.07, 6.45) is -1.36. The number of alkyl halides is 3. The van der Waals surface area contributed by atoms with Crippen molar-refractivity contribution in [2.24, 2.45) is 11.8 Å². The van der Waals surface area contributed by atoms with Gasteiger partial charge >= 0.3 is 24.1 Å². The van der Waals surface area contributed by atoms with Crippen molar-refractivity contribution in [2.45, 2.75) is 50.7 Å². The van der Waals surface area contributed by atoms with Crippen LogP contribution in [0.3, 0.4) is 0 Å². The fourth-order valence-corrected chi connectivity index (χ4v) is 3.50. The summed E-state index contributed by atoms with van der Waals surface area (Å²) in [6.45, 7) is 0.681. The molecule has 148 valence electrons. The summed E-state index contributed by atoms with van der Waals surface area (Å²) in [5.41, 5.74) is 0. The van der Waals surface area contributed by atoms with E-state index in [-0.39, 0.29) is 37.0 Å². The van der Waals surface area contributed by atoms with E-state index in [1.807, 2.05) is 5.32 Å². The van der Waals surface area contributed by atoms with Gasteiger partial charge in [-0.2, -0.15) is 13.2 Å². The highest BCUT2D eigenvalue weighted by molar-refractivity contribution is 5.81. The molecule has 1 unspecified atom stereocenters. The fraction of sp³-hybridized carbons (Fsp3) is 0.812. The van der Waals surface area contributed by atoms with Crippen LogP contribution in [0.15, 0.2) is 0 Å². The number of piperidine rings is 1. The van der Waals surface area contributed by atoms with E-state index in [2.05, 4.69) is 5.32 Å². The maximum atomic E-state index is 12.4. The topological polar surface area (TPSA) is 98.7 Å². The zero-order valence-corrected chi connectivity index (χ0v) is 14.3. The molecule has 0 radical (unpaired) electrons. The van der Waals surface area contributed by atoms with Gasteiger partial charge in [0.2, 0.25) is 0 Å². The average Bonchev–Trinajstić information content (AvgIpc) is 2.59. The van der Waals surface area contributed by atoms with Crippen molar-refractivity contribution in [2.75, 3.05) is 19.6 Å². The van der Waals surface area contributed by atoms with Crippen LogP contribution in [0.4, 0.5) is 18.0 Å². The molecule has 0 aromatic rings. The quantitative estimate of drug-likeness (QED) is 0.693. The Morgan fingerprint density at radius 2 is 1.73 bits per heavy atom. The number of aliphatic carboxylic acids is 1. The molecule has 0 aromatic heterocycles. The number of hydrogen-bond donors (Lipinski definition) is 3. The molecule has 1 saturated carbocycles. The van der Waals surface area contributed by atoms with Gasteiger partial charge in [0, 0.05) is 25.7 Å². The SMILES string of the molecule is O=C(O)C1CCC(NC(=O)N2CCCC(CNC(=O)C(F)(F)F)C2)CC1. The fourth-order valence-electron chi connectivity index (χ4n) is 3.50. The summed E-state index contributed by atoms with van der Waals surface area (Å²) in [5.74, 6) is -3.35. The van der Waals surface area contributed by atoms with Gasteiger partial charge in [-0.25, -0.2) is 4.79 Å². The molecule has 26 heavy (non-hydrogen) atoms. The Balaban J connectivity index is 1.75. The van der Waals surface area contributed by atoms with Crippen LogP contribution >= 0.6 is 0 Å². The van der Waals surface area contributed by atoms with Crippen LogP contribution in [-0.4, -0.2) is 59.8 Å². The van der Waals surface area contributed by atoms with Gasteiger partial charge in [0.05, 0.1) is 5.92 Å². The lowest BCUT2D eigenvalue weighted by Crippen LogP contribution is -2.51. The normalized spacial score (nSPS) is 26.9. The number of rotatable bonds is 4. The number of nitrogens with one attached hydrogen (secondary N) is 2. The molecule has 3 N–H and O–H groups in total. The smallest absolute Gasteiger partial charge is 0.471 e. The van der Waals surface area contributed by atoms with Crippen molar-refractivity contribution in [1.29, 1.82) is 0 Å². The first kappa shape index (κ1) is 20.3. The van der Waals surface area contributed by atoms with Crippen LogP contribution < -0.4 is 10.6 Å². The average molecular weight is 379 g/mol. The van der Waals surface area contributed by atoms with Gasteiger partial charge in [0.1, 0.15) is 0 Å². The minimum absolute atomic E-state index is 0.0802. The minimum atomic E-state index is -4.90. The Morgan fingerprint density at radius 1 is 1.08 bits per heavy atom. The summed E-state index contributed by atoms with van der Waals surface area (Å²) >= 11 is 0. The van der Waals surface area contributed by atoms with E-state index < -0.39 is 18.1 Å². The van der Waals surface area contributed by atoms with Gasteiger partial charge in [-0.3, -0.25) is 9.59 Å². The van der Waals surface area contributed by atoms with E-state index in [0.29, 0.717) is 45.1 Å². The van der Waals surface area contributed by atoms with Gasteiger partial charge in [-0.15, -0.1) is 0 Å². The monoisotopic (exact) mass is 379 g/mol. The lowest BCUT2D eigenvalue weighted by Gasteiger charge is -2.35. The Morgan fingerprint density at radius 3 is 2.31 bits per heavy atom. The van der Waals surface area contributed by atoms with Gasteiger partial charge < -0.3 is 20.6 Å². The maximum absolute atomic E-state index is 12.4. The van der Waals surface area contributed by atoms with Gasteiger partial charge in [0.25, 0.3) is 0 Å². The highest BCUT2D eigenvalue weighted by Crippen LogP contribution is 2.25. The highest BCUT2D eigenvalue weighted by Gasteiger charge is 2.39. The summed E-state index contributed by atoms with van der Waals surface area (Å²) in [4.78, 5) is 35.7. The molecule has 10 heteroatoms. The number of carbonyl (C=O) groups is 3. The van der Waals surface area contributed by atoms with E-state index in [1.54, 1.807) is 4.90 Å². The number of carbonyl (C=O) groups excluding carboxylic acids is 2. The number of carboxylic acids is 1. The number of halogens is 3. The van der Waals surface area contributed by atoms with Crippen LogP contribution in [0.1, 0.15) is 38.5 Å². The molecule has 1 aliphatic carbocycles. The second kappa shape index (κ2) is 8.59. The third-order valence-electron chi connectivity index (χ3n) is 5.02. The standard InChI is InChI=1S/C16H24F3N3O4/c17-16(18,19)14(25)20-8-10-2-1-7-22(9-10)15(26)21-12-5-3-11(4-6-12)13(23)24/h10-12H,1-9H2,(H,20,25)(H,21,26)(H,23,24).